The summed E-state index contributed by atoms with van der Waals surface area (Å²) in [5.41, 5.74) is 2.24. The van der Waals surface area contributed by atoms with Gasteiger partial charge in [-0.25, -0.2) is 0 Å². The fourth-order valence-corrected chi connectivity index (χ4v) is 1.59. The Hall–Kier alpha value is -1.64. The molecule has 0 aliphatic carbocycles. The van der Waals surface area contributed by atoms with E-state index in [1.54, 1.807) is 0 Å². The van der Waals surface area contributed by atoms with Crippen LogP contribution >= 0.6 is 0 Å². The Balaban J connectivity index is 2.10. The number of rotatable bonds is 4. The molecule has 1 heterocycles. The predicted octanol–water partition coefficient (Wildman–Crippen LogP) is 3.63. The molecule has 90 valence electrons. The molecular formula is C14H18N2O. The van der Waals surface area contributed by atoms with E-state index in [9.17, 15) is 0 Å². The van der Waals surface area contributed by atoms with Gasteiger partial charge in [-0.05, 0) is 19.3 Å². The molecule has 3 nitrogen and oxygen atoms in total. The second-order valence-electron chi connectivity index (χ2n) is 4.81. The zero-order chi connectivity index (χ0) is 12.3. The number of aromatic nitrogens is 2. The third-order valence-corrected chi connectivity index (χ3v) is 2.71. The van der Waals surface area contributed by atoms with Gasteiger partial charge in [0.1, 0.15) is 0 Å². The van der Waals surface area contributed by atoms with Crippen molar-refractivity contribution < 1.29 is 4.52 Å². The van der Waals surface area contributed by atoms with E-state index in [-0.39, 0.29) is 0 Å². The first kappa shape index (κ1) is 11.8. The molecule has 1 aromatic carbocycles. The number of hydrogen-bond donors (Lipinski definition) is 0. The summed E-state index contributed by atoms with van der Waals surface area (Å²) in [6.07, 6.45) is 1.94. The van der Waals surface area contributed by atoms with Crippen LogP contribution in [0.1, 0.15) is 31.7 Å². The average molecular weight is 230 g/mol. The summed E-state index contributed by atoms with van der Waals surface area (Å²) in [7, 11) is 0. The molecule has 1 aromatic heterocycles. The van der Waals surface area contributed by atoms with Gasteiger partial charge < -0.3 is 4.52 Å². The van der Waals surface area contributed by atoms with Crippen LogP contribution in [0.4, 0.5) is 0 Å². The maximum absolute atomic E-state index is 5.24. The first-order valence-corrected chi connectivity index (χ1v) is 6.05. The Kier molecular flexibility index (Phi) is 3.57. The third kappa shape index (κ3) is 3.16. The number of aryl methyl sites for hydroxylation is 2. The standard InChI is InChI=1S/C14H18N2O/c1-10(2)4-9-13-15-14(16-17-13)12-7-5-11(3)6-8-12/h5-8,10H,4,9H2,1-3H3. The van der Waals surface area contributed by atoms with Crippen LogP contribution in [0.5, 0.6) is 0 Å². The van der Waals surface area contributed by atoms with E-state index in [4.69, 9.17) is 4.52 Å². The molecule has 0 spiro atoms. The van der Waals surface area contributed by atoms with Gasteiger partial charge in [0.25, 0.3) is 0 Å². The van der Waals surface area contributed by atoms with Gasteiger partial charge in [0, 0.05) is 12.0 Å². The highest BCUT2D eigenvalue weighted by Gasteiger charge is 2.08. The average Bonchev–Trinajstić information content (AvgIpc) is 2.76. The molecule has 0 amide bonds. The molecule has 2 aromatic rings. The van der Waals surface area contributed by atoms with E-state index >= 15 is 0 Å². The molecule has 3 heteroatoms. The Morgan fingerprint density at radius 1 is 1.18 bits per heavy atom. The van der Waals surface area contributed by atoms with Crippen LogP contribution in [0.3, 0.4) is 0 Å². The smallest absolute Gasteiger partial charge is 0.226 e. The molecule has 0 fully saturated rings. The van der Waals surface area contributed by atoms with Crippen LogP contribution in [0.2, 0.25) is 0 Å². The molecule has 0 unspecified atom stereocenters. The number of hydrogen-bond acceptors (Lipinski definition) is 3. The van der Waals surface area contributed by atoms with Gasteiger partial charge >= 0.3 is 0 Å². The first-order valence-electron chi connectivity index (χ1n) is 6.05. The lowest BCUT2D eigenvalue weighted by Gasteiger charge is -1.98. The second kappa shape index (κ2) is 5.13. The van der Waals surface area contributed by atoms with Gasteiger partial charge in [-0.15, -0.1) is 0 Å². The van der Waals surface area contributed by atoms with Crippen LogP contribution in [0, 0.1) is 12.8 Å². The Bertz CT molecular complexity index is 471. The molecular weight excluding hydrogens is 212 g/mol. The van der Waals surface area contributed by atoms with E-state index in [0.29, 0.717) is 11.7 Å². The molecule has 0 atom stereocenters. The molecule has 0 saturated carbocycles. The lowest BCUT2D eigenvalue weighted by atomic mass is 10.1. The van der Waals surface area contributed by atoms with Crippen LogP contribution in [-0.2, 0) is 6.42 Å². The minimum atomic E-state index is 0.657. The Morgan fingerprint density at radius 2 is 1.88 bits per heavy atom. The summed E-state index contributed by atoms with van der Waals surface area (Å²) in [6, 6.07) is 8.15. The van der Waals surface area contributed by atoms with Crippen LogP contribution < -0.4 is 0 Å². The van der Waals surface area contributed by atoms with Crippen molar-refractivity contribution in [3.63, 3.8) is 0 Å². The SMILES string of the molecule is Cc1ccc(-c2noc(CCC(C)C)n2)cc1. The van der Waals surface area contributed by atoms with Crippen molar-refractivity contribution in [1.82, 2.24) is 10.1 Å². The largest absolute Gasteiger partial charge is 0.339 e. The highest BCUT2D eigenvalue weighted by molar-refractivity contribution is 5.54. The molecule has 0 N–H and O–H groups in total. The van der Waals surface area contributed by atoms with Crippen LogP contribution in [0.15, 0.2) is 28.8 Å². The van der Waals surface area contributed by atoms with Crippen LogP contribution in [0.25, 0.3) is 11.4 Å². The van der Waals surface area contributed by atoms with Crippen molar-refractivity contribution in [1.29, 1.82) is 0 Å². The predicted molar refractivity (Wildman–Crippen MR) is 67.6 cm³/mol. The summed E-state index contributed by atoms with van der Waals surface area (Å²) in [5, 5.41) is 4.01. The Morgan fingerprint density at radius 3 is 2.53 bits per heavy atom. The summed E-state index contributed by atoms with van der Waals surface area (Å²) < 4.78 is 5.24. The van der Waals surface area contributed by atoms with Crippen molar-refractivity contribution in [2.24, 2.45) is 5.92 Å². The van der Waals surface area contributed by atoms with Crippen LogP contribution in [-0.4, -0.2) is 10.1 Å². The summed E-state index contributed by atoms with van der Waals surface area (Å²) >= 11 is 0. The van der Waals surface area contributed by atoms with Crippen molar-refractivity contribution >= 4 is 0 Å². The zero-order valence-electron chi connectivity index (χ0n) is 10.6. The molecule has 0 radical (unpaired) electrons. The van der Waals surface area contributed by atoms with Gasteiger partial charge in [-0.3, -0.25) is 0 Å². The van der Waals surface area contributed by atoms with Crippen molar-refractivity contribution in [2.75, 3.05) is 0 Å². The van der Waals surface area contributed by atoms with E-state index in [0.717, 1.165) is 24.3 Å². The molecule has 17 heavy (non-hydrogen) atoms. The monoisotopic (exact) mass is 230 g/mol. The molecule has 0 aliphatic heterocycles. The van der Waals surface area contributed by atoms with E-state index in [1.807, 2.05) is 12.1 Å². The molecule has 2 rings (SSSR count). The van der Waals surface area contributed by atoms with Gasteiger partial charge in [-0.1, -0.05) is 48.8 Å². The minimum Gasteiger partial charge on any atom is -0.339 e. The summed E-state index contributed by atoms with van der Waals surface area (Å²) in [6.45, 7) is 6.45. The lowest BCUT2D eigenvalue weighted by molar-refractivity contribution is 0.368. The van der Waals surface area contributed by atoms with Gasteiger partial charge in [0.15, 0.2) is 0 Å². The molecule has 0 aliphatic rings. The normalized spacial score (nSPS) is 11.1. The van der Waals surface area contributed by atoms with Gasteiger partial charge in [0.05, 0.1) is 0 Å². The minimum absolute atomic E-state index is 0.657. The number of nitrogens with zero attached hydrogens (tertiary/aromatic N) is 2. The Labute approximate surface area is 102 Å². The maximum Gasteiger partial charge on any atom is 0.226 e. The van der Waals surface area contributed by atoms with E-state index in [1.165, 1.54) is 5.56 Å². The fourth-order valence-electron chi connectivity index (χ4n) is 1.59. The highest BCUT2D eigenvalue weighted by atomic mass is 16.5. The highest BCUT2D eigenvalue weighted by Crippen LogP contribution is 2.17. The van der Waals surface area contributed by atoms with E-state index < -0.39 is 0 Å². The second-order valence-corrected chi connectivity index (χ2v) is 4.81. The fraction of sp³-hybridized carbons (Fsp3) is 0.429. The lowest BCUT2D eigenvalue weighted by Crippen LogP contribution is -1.92. The summed E-state index contributed by atoms with van der Waals surface area (Å²) in [5.74, 6) is 2.07. The van der Waals surface area contributed by atoms with Gasteiger partial charge in [-0.2, -0.15) is 4.98 Å². The first-order chi connectivity index (χ1) is 8.15. The van der Waals surface area contributed by atoms with Crippen molar-refractivity contribution in [2.45, 2.75) is 33.6 Å². The van der Waals surface area contributed by atoms with Crippen molar-refractivity contribution in [3.8, 4) is 11.4 Å². The quantitative estimate of drug-likeness (QED) is 0.805. The van der Waals surface area contributed by atoms with Gasteiger partial charge in [0.2, 0.25) is 11.7 Å². The molecule has 0 saturated heterocycles. The zero-order valence-corrected chi connectivity index (χ0v) is 10.6. The molecule has 0 bridgehead atoms. The number of benzene rings is 1. The maximum atomic E-state index is 5.24. The summed E-state index contributed by atoms with van der Waals surface area (Å²) in [4.78, 5) is 4.40. The topological polar surface area (TPSA) is 38.9 Å². The van der Waals surface area contributed by atoms with Crippen molar-refractivity contribution in [3.05, 3.63) is 35.7 Å². The van der Waals surface area contributed by atoms with E-state index in [2.05, 4.69) is 43.0 Å². The third-order valence-electron chi connectivity index (χ3n) is 2.71.